The highest BCUT2D eigenvalue weighted by Gasteiger charge is 2.43. The zero-order valence-corrected chi connectivity index (χ0v) is 10.4. The van der Waals surface area contributed by atoms with Crippen molar-refractivity contribution >= 4 is 15.9 Å². The summed E-state index contributed by atoms with van der Waals surface area (Å²) < 4.78 is 1.31. The summed E-state index contributed by atoms with van der Waals surface area (Å²) in [5, 5.41) is 0. The lowest BCUT2D eigenvalue weighted by Gasteiger charge is -2.15. The van der Waals surface area contributed by atoms with Crippen molar-refractivity contribution in [1.82, 2.24) is 0 Å². The SMILES string of the molecule is NCC1(c2cc(Br)c3c(c2)CCC3)CC1. The van der Waals surface area contributed by atoms with Crippen molar-refractivity contribution in [3.63, 3.8) is 0 Å². The minimum Gasteiger partial charge on any atom is -0.330 e. The zero-order valence-electron chi connectivity index (χ0n) is 8.85. The Morgan fingerprint density at radius 2 is 2.07 bits per heavy atom. The van der Waals surface area contributed by atoms with Crippen LogP contribution in [0.15, 0.2) is 16.6 Å². The van der Waals surface area contributed by atoms with Gasteiger partial charge in [-0.1, -0.05) is 22.0 Å². The second kappa shape index (κ2) is 3.33. The van der Waals surface area contributed by atoms with Crippen LogP contribution >= 0.6 is 15.9 Å². The quantitative estimate of drug-likeness (QED) is 0.875. The molecule has 2 N–H and O–H groups in total. The highest BCUT2D eigenvalue weighted by molar-refractivity contribution is 9.10. The first-order valence-corrected chi connectivity index (χ1v) is 6.56. The summed E-state index contributed by atoms with van der Waals surface area (Å²) in [5.41, 5.74) is 10.8. The summed E-state index contributed by atoms with van der Waals surface area (Å²) in [6, 6.07) is 4.72. The topological polar surface area (TPSA) is 26.0 Å². The van der Waals surface area contributed by atoms with Crippen LogP contribution in [-0.2, 0) is 18.3 Å². The number of nitrogens with two attached hydrogens (primary N) is 1. The van der Waals surface area contributed by atoms with Crippen molar-refractivity contribution < 1.29 is 0 Å². The van der Waals surface area contributed by atoms with Gasteiger partial charge in [0.15, 0.2) is 0 Å². The first-order chi connectivity index (χ1) is 7.25. The zero-order chi connectivity index (χ0) is 10.5. The summed E-state index contributed by atoms with van der Waals surface area (Å²) in [6.07, 6.45) is 6.35. The van der Waals surface area contributed by atoms with Gasteiger partial charge in [0.25, 0.3) is 0 Å². The number of aryl methyl sites for hydroxylation is 1. The van der Waals surface area contributed by atoms with Gasteiger partial charge in [0.1, 0.15) is 0 Å². The van der Waals surface area contributed by atoms with E-state index in [2.05, 4.69) is 28.1 Å². The van der Waals surface area contributed by atoms with E-state index in [0.717, 1.165) is 6.54 Å². The molecule has 2 aliphatic rings. The third-order valence-electron chi connectivity index (χ3n) is 4.02. The van der Waals surface area contributed by atoms with Crippen LogP contribution in [0.3, 0.4) is 0 Å². The van der Waals surface area contributed by atoms with Gasteiger partial charge in [-0.15, -0.1) is 0 Å². The Bertz CT molecular complexity index is 407. The first-order valence-electron chi connectivity index (χ1n) is 5.77. The Morgan fingerprint density at radius 3 is 2.73 bits per heavy atom. The van der Waals surface area contributed by atoms with E-state index in [0.29, 0.717) is 5.41 Å². The third-order valence-corrected chi connectivity index (χ3v) is 4.72. The highest BCUT2D eigenvalue weighted by atomic mass is 79.9. The second-order valence-corrected chi connectivity index (χ2v) is 5.79. The van der Waals surface area contributed by atoms with Gasteiger partial charge in [-0.3, -0.25) is 0 Å². The summed E-state index contributed by atoms with van der Waals surface area (Å²) in [5.74, 6) is 0. The van der Waals surface area contributed by atoms with Gasteiger partial charge in [0.05, 0.1) is 0 Å². The average Bonchev–Trinajstić information content (AvgIpc) is 2.90. The Kier molecular flexibility index (Phi) is 2.18. The number of hydrogen-bond acceptors (Lipinski definition) is 1. The van der Waals surface area contributed by atoms with Gasteiger partial charge < -0.3 is 5.73 Å². The molecule has 0 spiro atoms. The predicted molar refractivity (Wildman–Crippen MR) is 66.1 cm³/mol. The van der Waals surface area contributed by atoms with Crippen molar-refractivity contribution in [1.29, 1.82) is 0 Å². The van der Waals surface area contributed by atoms with Crippen LogP contribution in [0.4, 0.5) is 0 Å². The van der Waals surface area contributed by atoms with Gasteiger partial charge in [-0.25, -0.2) is 0 Å². The molecule has 1 aromatic rings. The smallest absolute Gasteiger partial charge is 0.0213 e. The fraction of sp³-hybridized carbons (Fsp3) is 0.538. The maximum absolute atomic E-state index is 5.88. The van der Waals surface area contributed by atoms with Crippen LogP contribution in [0, 0.1) is 0 Å². The summed E-state index contributed by atoms with van der Waals surface area (Å²) in [4.78, 5) is 0. The molecule has 0 aliphatic heterocycles. The molecule has 2 aliphatic carbocycles. The Hall–Kier alpha value is -0.340. The van der Waals surface area contributed by atoms with Crippen molar-refractivity contribution in [3.05, 3.63) is 33.3 Å². The fourth-order valence-corrected chi connectivity index (χ4v) is 3.42. The third kappa shape index (κ3) is 1.46. The molecule has 80 valence electrons. The molecule has 0 heterocycles. The molecule has 0 radical (unpaired) electrons. The van der Waals surface area contributed by atoms with Crippen molar-refractivity contribution in [2.24, 2.45) is 5.73 Å². The Labute approximate surface area is 99.2 Å². The largest absolute Gasteiger partial charge is 0.330 e. The Balaban J connectivity index is 2.08. The highest BCUT2D eigenvalue weighted by Crippen LogP contribution is 2.49. The van der Waals surface area contributed by atoms with E-state index in [-0.39, 0.29) is 0 Å². The monoisotopic (exact) mass is 265 g/mol. The number of benzene rings is 1. The number of halogens is 1. The van der Waals surface area contributed by atoms with E-state index in [9.17, 15) is 0 Å². The standard InChI is InChI=1S/C13H16BrN/c14-12-7-10(13(8-15)4-5-13)6-9-2-1-3-11(9)12/h6-7H,1-5,8,15H2. The van der Waals surface area contributed by atoms with E-state index < -0.39 is 0 Å². The molecular weight excluding hydrogens is 250 g/mol. The van der Waals surface area contributed by atoms with Gasteiger partial charge in [-0.2, -0.15) is 0 Å². The molecule has 0 atom stereocenters. The lowest BCUT2D eigenvalue weighted by atomic mass is 9.93. The minimum absolute atomic E-state index is 0.333. The van der Waals surface area contributed by atoms with Gasteiger partial charge in [0, 0.05) is 16.4 Å². The lowest BCUT2D eigenvalue weighted by molar-refractivity contribution is 0.703. The van der Waals surface area contributed by atoms with E-state index in [1.54, 1.807) is 5.56 Å². The van der Waals surface area contributed by atoms with E-state index in [4.69, 9.17) is 5.73 Å². The molecule has 1 aromatic carbocycles. The summed E-state index contributed by atoms with van der Waals surface area (Å²) >= 11 is 3.71. The summed E-state index contributed by atoms with van der Waals surface area (Å²) in [6.45, 7) is 0.804. The van der Waals surface area contributed by atoms with Crippen LogP contribution in [0.2, 0.25) is 0 Å². The molecule has 0 saturated heterocycles. The number of hydrogen-bond donors (Lipinski definition) is 1. The van der Waals surface area contributed by atoms with Crippen molar-refractivity contribution in [3.8, 4) is 0 Å². The van der Waals surface area contributed by atoms with Gasteiger partial charge >= 0.3 is 0 Å². The predicted octanol–water partition coefficient (Wildman–Crippen LogP) is 2.93. The van der Waals surface area contributed by atoms with Crippen LogP contribution in [0.5, 0.6) is 0 Å². The molecule has 1 saturated carbocycles. The number of fused-ring (bicyclic) bond motifs is 1. The molecule has 0 amide bonds. The molecule has 2 heteroatoms. The van der Waals surface area contributed by atoms with Crippen LogP contribution in [-0.4, -0.2) is 6.54 Å². The minimum atomic E-state index is 0.333. The molecule has 0 unspecified atom stereocenters. The second-order valence-electron chi connectivity index (χ2n) is 4.93. The van der Waals surface area contributed by atoms with E-state index in [1.165, 1.54) is 47.7 Å². The number of rotatable bonds is 2. The molecule has 15 heavy (non-hydrogen) atoms. The van der Waals surface area contributed by atoms with E-state index >= 15 is 0 Å². The maximum atomic E-state index is 5.88. The summed E-state index contributed by atoms with van der Waals surface area (Å²) in [7, 11) is 0. The maximum Gasteiger partial charge on any atom is 0.0213 e. The molecular formula is C13H16BrN. The molecule has 3 rings (SSSR count). The average molecular weight is 266 g/mol. The van der Waals surface area contributed by atoms with Gasteiger partial charge in [0.2, 0.25) is 0 Å². The molecule has 0 bridgehead atoms. The van der Waals surface area contributed by atoms with Crippen LogP contribution in [0.25, 0.3) is 0 Å². The Morgan fingerprint density at radius 1 is 1.27 bits per heavy atom. The van der Waals surface area contributed by atoms with Crippen molar-refractivity contribution in [2.75, 3.05) is 6.54 Å². The van der Waals surface area contributed by atoms with Crippen molar-refractivity contribution in [2.45, 2.75) is 37.5 Å². The van der Waals surface area contributed by atoms with Crippen LogP contribution < -0.4 is 5.73 Å². The van der Waals surface area contributed by atoms with E-state index in [1.807, 2.05) is 0 Å². The molecule has 0 aromatic heterocycles. The lowest BCUT2D eigenvalue weighted by Crippen LogP contribution is -2.20. The fourth-order valence-electron chi connectivity index (χ4n) is 2.72. The normalized spacial score (nSPS) is 21.5. The molecule has 1 fully saturated rings. The van der Waals surface area contributed by atoms with Gasteiger partial charge in [-0.05, 0) is 54.9 Å². The first kappa shape index (κ1) is 9.86. The molecule has 1 nitrogen and oxygen atoms in total. The van der Waals surface area contributed by atoms with Crippen LogP contribution in [0.1, 0.15) is 36.0 Å².